The van der Waals surface area contributed by atoms with Gasteiger partial charge in [-0.15, -0.1) is 23.2 Å². The highest BCUT2D eigenvalue weighted by Gasteiger charge is 3.01. The summed E-state index contributed by atoms with van der Waals surface area (Å²) in [6.45, 7) is 0.938. The van der Waals surface area contributed by atoms with Gasteiger partial charge in [-0.3, -0.25) is 38.7 Å². The molecular formula is C60H61Cl2N6O15PS2. The number of halogens is 2. The van der Waals surface area contributed by atoms with Gasteiger partial charge in [0.2, 0.25) is 17.7 Å². The van der Waals surface area contributed by atoms with Crippen molar-refractivity contribution in [2.45, 2.75) is 74.3 Å². The van der Waals surface area contributed by atoms with Crippen LogP contribution in [0.5, 0.6) is 11.5 Å². The van der Waals surface area contributed by atoms with Crippen LogP contribution in [0.2, 0.25) is 0 Å². The predicted octanol–water partition coefficient (Wildman–Crippen LogP) is 9.17. The number of hydrogen-bond acceptors (Lipinski definition) is 14. The Hall–Kier alpha value is -6.85. The highest BCUT2D eigenvalue weighted by Crippen LogP contribution is 3.01. The van der Waals surface area contributed by atoms with Crippen LogP contribution in [0.15, 0.2) is 102 Å². The van der Waals surface area contributed by atoms with Crippen LogP contribution in [0.25, 0.3) is 21.5 Å². The number of carbonyl (C=O) groups excluding carboxylic acids is 7. The van der Waals surface area contributed by atoms with Gasteiger partial charge in [0.15, 0.2) is 0 Å². The number of carboxylic acids is 1. The first-order valence-electron chi connectivity index (χ1n) is 28.0. The van der Waals surface area contributed by atoms with Crippen LogP contribution in [-0.2, 0) is 44.7 Å². The number of anilines is 2. The van der Waals surface area contributed by atoms with Gasteiger partial charge < -0.3 is 44.0 Å². The molecule has 11 rings (SSSR count). The molecule has 0 saturated heterocycles. The summed E-state index contributed by atoms with van der Waals surface area (Å²) < 4.78 is 28.9. The van der Waals surface area contributed by atoms with E-state index in [2.05, 4.69) is 5.32 Å². The Labute approximate surface area is 512 Å². The fourth-order valence-corrected chi connectivity index (χ4v) is 16.3. The average Bonchev–Trinajstić information content (AvgIpc) is 1.40. The number of rotatable bonds is 24. The zero-order valence-corrected chi connectivity index (χ0v) is 50.8. The zero-order chi connectivity index (χ0) is 61.0. The smallest absolute Gasteiger partial charge is 0.480 e. The van der Waals surface area contributed by atoms with E-state index in [0.717, 1.165) is 26.3 Å². The standard InChI is InChI=1S/C60H61Cl2N6O15PS2/c1-64(56(76)81-30-35-15-17-38(18-16-35)86-85-31-43(53(72)73)63-48(69)14-4-3-9-21-66-49(70)19-20-50(66)71)22-23-65(2)57(77)82-46-24-44-51(41-12-7-5-10-39(41)46)36(26-61)28-67(44)54(74)58-32-59(34-60(58,59)33-58)55(75)68-29-37(27-62)52-42-13-8-6-11-40(42)47(25-45(52)68)83-84(78,79)80/h5-8,10-13,15-20,24-25,36-37,43H,3-4,9,14,21-23,26-34H2,1-2H3,(H,63,69)(H,72,73)(H2,78,79,80)/t36-,37-,43+,58?,59?,60?/m1/s1. The normalized spacial score (nSPS) is 22.4. The van der Waals surface area contributed by atoms with E-state index in [-0.39, 0.29) is 110 Å². The molecule has 3 aliphatic carbocycles. The van der Waals surface area contributed by atoms with Crippen molar-refractivity contribution in [3.05, 3.63) is 114 Å². The van der Waals surface area contributed by atoms with Gasteiger partial charge in [0.05, 0.1) is 22.2 Å². The number of nitrogens with one attached hydrogen (secondary N) is 1. The average molecular weight is 1270 g/mol. The van der Waals surface area contributed by atoms with Gasteiger partial charge in [0.1, 0.15) is 24.1 Å². The molecule has 86 heavy (non-hydrogen) atoms. The number of alkyl halides is 2. The number of imide groups is 1. The first-order chi connectivity index (χ1) is 41.1. The molecule has 6 aliphatic rings. The molecule has 0 radical (unpaired) electrons. The fraction of sp³-hybridized carbons (Fsp3) is 0.400. The van der Waals surface area contributed by atoms with Gasteiger partial charge in [0, 0.05) is 128 Å². The van der Waals surface area contributed by atoms with Crippen molar-refractivity contribution in [2.24, 2.45) is 16.2 Å². The van der Waals surface area contributed by atoms with E-state index in [0.29, 0.717) is 71.6 Å². The second kappa shape index (κ2) is 24.0. The summed E-state index contributed by atoms with van der Waals surface area (Å²) >= 11 is 13.2. The molecule has 7 amide bonds. The van der Waals surface area contributed by atoms with E-state index >= 15 is 4.79 Å². The lowest BCUT2D eigenvalue weighted by molar-refractivity contribution is -0.141. The molecule has 3 fully saturated rings. The van der Waals surface area contributed by atoms with Crippen LogP contribution in [0.4, 0.5) is 21.0 Å². The SMILES string of the molecule is CN(CCN(C)C(=O)Oc1cc2c(c3ccccc13)[C@H](CCl)CN2C(=O)C12CC3(C(=O)N4C[C@@H](CCl)c5c4cc(OP(=O)(O)O)c4ccccc54)CC13C2)C(=O)OCc1ccc(SSC[C@H](NC(=O)CCCCCN2C(=O)C=CC2=O)C(=O)O)cc1. The van der Waals surface area contributed by atoms with Gasteiger partial charge >= 0.3 is 26.0 Å². The second-order valence-corrected chi connectivity index (χ2v) is 27.0. The summed E-state index contributed by atoms with van der Waals surface area (Å²) in [4.78, 5) is 132. The summed E-state index contributed by atoms with van der Waals surface area (Å²) in [5.41, 5.74) is 1.27. The maximum absolute atomic E-state index is 15.1. The van der Waals surface area contributed by atoms with Gasteiger partial charge in [-0.2, -0.15) is 0 Å². The van der Waals surface area contributed by atoms with Crippen LogP contribution in [0.1, 0.15) is 73.5 Å². The van der Waals surface area contributed by atoms with Crippen LogP contribution in [-0.4, -0.2) is 148 Å². The summed E-state index contributed by atoms with van der Waals surface area (Å²) in [5, 5.41) is 14.9. The number of aliphatic carboxylic acids is 1. The number of amides is 7. The van der Waals surface area contributed by atoms with Crippen molar-refractivity contribution in [1.82, 2.24) is 20.0 Å². The molecule has 1 spiro atoms. The van der Waals surface area contributed by atoms with Crippen molar-refractivity contribution in [3.8, 4) is 11.5 Å². The fourth-order valence-electron chi connectivity index (χ4n) is 13.2. The molecule has 4 N–H and O–H groups in total. The Morgan fingerprint density at radius 2 is 1.27 bits per heavy atom. The van der Waals surface area contributed by atoms with E-state index in [4.69, 9.17) is 37.2 Å². The summed E-state index contributed by atoms with van der Waals surface area (Å²) in [6, 6.07) is 23.8. The molecule has 26 heteroatoms. The molecule has 3 aliphatic heterocycles. The zero-order valence-electron chi connectivity index (χ0n) is 46.8. The number of fused-ring (bicyclic) bond motifs is 6. The number of unbranched alkanes of at least 4 members (excludes halogenated alkanes) is 2. The van der Waals surface area contributed by atoms with Crippen molar-refractivity contribution in [1.29, 1.82) is 0 Å². The van der Waals surface area contributed by atoms with Gasteiger partial charge in [-0.05, 0) is 71.7 Å². The minimum atomic E-state index is -4.97. The highest BCUT2D eigenvalue weighted by atomic mass is 35.5. The lowest BCUT2D eigenvalue weighted by Gasteiger charge is -2.37. The topological polar surface area (TPSA) is 270 Å². The Kier molecular flexibility index (Phi) is 17.0. The highest BCUT2D eigenvalue weighted by molar-refractivity contribution is 8.76. The maximum atomic E-state index is 15.1. The van der Waals surface area contributed by atoms with Crippen molar-refractivity contribution in [3.63, 3.8) is 0 Å². The van der Waals surface area contributed by atoms with Crippen LogP contribution in [0, 0.1) is 16.2 Å². The van der Waals surface area contributed by atoms with Crippen LogP contribution < -0.4 is 24.4 Å². The molecule has 452 valence electrons. The van der Waals surface area contributed by atoms with Crippen LogP contribution >= 0.6 is 52.6 Å². The lowest BCUT2D eigenvalue weighted by atomic mass is 9.72. The molecule has 5 aromatic carbocycles. The van der Waals surface area contributed by atoms with Crippen molar-refractivity contribution >= 4 is 133 Å². The maximum Gasteiger partial charge on any atom is 0.524 e. The van der Waals surface area contributed by atoms with E-state index in [1.807, 2.05) is 30.3 Å². The van der Waals surface area contributed by atoms with E-state index in [1.54, 1.807) is 72.4 Å². The number of phosphoric acid groups is 1. The monoisotopic (exact) mass is 1270 g/mol. The van der Waals surface area contributed by atoms with E-state index in [9.17, 15) is 53.0 Å². The minimum Gasteiger partial charge on any atom is -0.480 e. The number of carboxylic acid groups (broad SMARTS) is 1. The Morgan fingerprint density at radius 1 is 0.733 bits per heavy atom. The lowest BCUT2D eigenvalue weighted by Crippen LogP contribution is -2.49. The third-order valence-electron chi connectivity index (χ3n) is 17.6. The number of ether oxygens (including phenoxy) is 2. The molecule has 3 unspecified atom stereocenters. The minimum absolute atomic E-state index is 0.0435. The largest absolute Gasteiger partial charge is 0.524 e. The van der Waals surface area contributed by atoms with E-state index < -0.39 is 54.2 Å². The predicted molar refractivity (Wildman–Crippen MR) is 323 cm³/mol. The molecule has 6 atom stereocenters. The quantitative estimate of drug-likeness (QED) is 0.0147. The first-order valence-corrected chi connectivity index (χ1v) is 32.9. The summed E-state index contributed by atoms with van der Waals surface area (Å²) in [6.07, 6.45) is 4.16. The molecule has 3 saturated carbocycles. The van der Waals surface area contributed by atoms with Crippen molar-refractivity contribution in [2.75, 3.05) is 74.1 Å². The van der Waals surface area contributed by atoms with E-state index in [1.165, 1.54) is 49.6 Å². The van der Waals surface area contributed by atoms with Crippen LogP contribution in [0.3, 0.4) is 0 Å². The third-order valence-corrected chi connectivity index (χ3v) is 21.2. The van der Waals surface area contributed by atoms with Gasteiger partial charge in [-0.1, -0.05) is 88.7 Å². The number of hydrogen-bond donors (Lipinski definition) is 4. The molecule has 5 aromatic rings. The number of carbonyl (C=O) groups is 8. The molecule has 21 nitrogen and oxygen atoms in total. The molecule has 3 heterocycles. The number of nitrogens with zero attached hydrogens (tertiary/aromatic N) is 5. The Bertz CT molecular complexity index is 3710. The Morgan fingerprint density at radius 3 is 1.80 bits per heavy atom. The number of likely N-dealkylation sites (N-methyl/N-ethyl adjacent to an activating group) is 2. The summed E-state index contributed by atoms with van der Waals surface area (Å²) in [5.74, 6) is -2.38. The third kappa shape index (κ3) is 11.3. The molecule has 0 bridgehead atoms. The molecule has 0 aromatic heterocycles. The second-order valence-electron chi connectivity index (χ2n) is 22.8. The first kappa shape index (κ1) is 60.8. The number of phosphoric ester groups is 1. The van der Waals surface area contributed by atoms with Gasteiger partial charge in [0.25, 0.3) is 11.8 Å². The summed E-state index contributed by atoms with van der Waals surface area (Å²) in [7, 11) is 0.698. The molecular weight excluding hydrogens is 1210 g/mol. The van der Waals surface area contributed by atoms with Gasteiger partial charge in [-0.25, -0.2) is 18.9 Å². The Balaban J connectivity index is 0.664. The number of benzene rings is 5. The van der Waals surface area contributed by atoms with Crippen molar-refractivity contribution < 1.29 is 71.8 Å².